The molecule has 0 aromatic heterocycles. The van der Waals surface area contributed by atoms with Crippen molar-refractivity contribution in [2.45, 2.75) is 373 Å². The van der Waals surface area contributed by atoms with Crippen molar-refractivity contribution in [1.82, 2.24) is 5.32 Å². The van der Waals surface area contributed by atoms with Gasteiger partial charge in [0.2, 0.25) is 5.91 Å². The van der Waals surface area contributed by atoms with Crippen LogP contribution in [0.2, 0.25) is 0 Å². The SMILES string of the molecule is CCCCCCC/C=C\CCCCCCCC(=O)OCCCCCCCCCCC/C=C\C/C=C\CCCCCCCCCCCCCCCCCCCC(=O)NC(CO)C(O)/C=C/CCCCCCCCCCCC. The molecule has 3 N–H and O–H groups in total. The predicted molar refractivity (Wildman–Crippen MR) is 333 cm³/mol. The Morgan fingerprint density at radius 1 is 0.368 bits per heavy atom. The third-order valence-electron chi connectivity index (χ3n) is 15.6. The second-order valence-corrected chi connectivity index (χ2v) is 23.1. The molecule has 446 valence electrons. The van der Waals surface area contributed by atoms with Gasteiger partial charge in [-0.2, -0.15) is 0 Å². The topological polar surface area (TPSA) is 95.9 Å². The summed E-state index contributed by atoms with van der Waals surface area (Å²) >= 11 is 0. The van der Waals surface area contributed by atoms with Gasteiger partial charge < -0.3 is 20.3 Å². The highest BCUT2D eigenvalue weighted by Gasteiger charge is 2.18. The van der Waals surface area contributed by atoms with E-state index in [9.17, 15) is 19.8 Å². The Morgan fingerprint density at radius 2 is 0.658 bits per heavy atom. The number of ether oxygens (including phenoxy) is 1. The van der Waals surface area contributed by atoms with E-state index in [-0.39, 0.29) is 18.5 Å². The minimum Gasteiger partial charge on any atom is -0.466 e. The van der Waals surface area contributed by atoms with Crippen LogP contribution in [0, 0.1) is 0 Å². The van der Waals surface area contributed by atoms with Crippen LogP contribution in [-0.4, -0.2) is 47.4 Å². The van der Waals surface area contributed by atoms with Crippen molar-refractivity contribution in [1.29, 1.82) is 0 Å². The number of rotatable bonds is 63. The molecular formula is C70H131NO5. The fourth-order valence-corrected chi connectivity index (χ4v) is 10.4. The highest BCUT2D eigenvalue weighted by molar-refractivity contribution is 5.76. The molecule has 0 fully saturated rings. The first-order valence-corrected chi connectivity index (χ1v) is 33.9. The third-order valence-corrected chi connectivity index (χ3v) is 15.6. The number of amides is 1. The molecule has 6 nitrogen and oxygen atoms in total. The molecule has 0 saturated heterocycles. The second-order valence-electron chi connectivity index (χ2n) is 23.1. The number of hydrogen-bond acceptors (Lipinski definition) is 5. The van der Waals surface area contributed by atoms with E-state index in [2.05, 4.69) is 55.6 Å². The Labute approximate surface area is 474 Å². The lowest BCUT2D eigenvalue weighted by molar-refractivity contribution is -0.143. The van der Waals surface area contributed by atoms with Crippen molar-refractivity contribution < 1.29 is 24.5 Å². The Morgan fingerprint density at radius 3 is 1.01 bits per heavy atom. The Kier molecular flexibility index (Phi) is 63.5. The summed E-state index contributed by atoms with van der Waals surface area (Å²) in [6.07, 6.45) is 84.7. The maximum absolute atomic E-state index is 12.4. The first kappa shape index (κ1) is 73.8. The van der Waals surface area contributed by atoms with Crippen molar-refractivity contribution in [2.24, 2.45) is 0 Å². The molecule has 0 spiro atoms. The van der Waals surface area contributed by atoms with Crippen LogP contribution in [0.15, 0.2) is 48.6 Å². The van der Waals surface area contributed by atoms with Crippen molar-refractivity contribution >= 4 is 11.9 Å². The Balaban J connectivity index is 3.38. The molecule has 2 atom stereocenters. The summed E-state index contributed by atoms with van der Waals surface area (Å²) in [4.78, 5) is 24.5. The van der Waals surface area contributed by atoms with E-state index in [1.807, 2.05) is 6.08 Å². The minimum atomic E-state index is -0.842. The first-order valence-electron chi connectivity index (χ1n) is 33.9. The van der Waals surface area contributed by atoms with Gasteiger partial charge in [0.05, 0.1) is 25.4 Å². The standard InChI is InChI=1S/C70H131NO5/c1-3-5-7-9-11-13-15-17-40-44-48-52-56-60-64-70(75)76-65-61-57-53-49-45-41-38-36-34-32-30-28-26-24-22-20-18-19-21-23-25-27-29-31-33-35-37-39-43-47-51-55-59-63-69(74)71-67(66-72)68(73)62-58-54-50-46-42-16-14-12-10-8-6-4-2/h15,17,22,24,28,30,58,62,67-68,72-73H,3-14,16,18-21,23,25-27,29,31-57,59-61,63-66H2,1-2H3,(H,71,74)/b17-15-,24-22-,30-28-,62-58+. The zero-order chi connectivity index (χ0) is 55.0. The molecule has 0 rings (SSSR count). The van der Waals surface area contributed by atoms with Crippen LogP contribution in [0.25, 0.3) is 0 Å². The van der Waals surface area contributed by atoms with Crippen LogP contribution < -0.4 is 5.32 Å². The first-order chi connectivity index (χ1) is 37.5. The zero-order valence-corrected chi connectivity index (χ0v) is 51.0. The van der Waals surface area contributed by atoms with Crippen LogP contribution in [0.5, 0.6) is 0 Å². The lowest BCUT2D eigenvalue weighted by Crippen LogP contribution is -2.45. The number of esters is 1. The third kappa shape index (κ3) is 61.0. The molecule has 0 aliphatic heterocycles. The average molecular weight is 1070 g/mol. The quantitative estimate of drug-likeness (QED) is 0.0320. The molecule has 2 unspecified atom stereocenters. The van der Waals surface area contributed by atoms with Gasteiger partial charge in [-0.1, -0.05) is 306 Å². The van der Waals surface area contributed by atoms with Gasteiger partial charge in [-0.25, -0.2) is 0 Å². The van der Waals surface area contributed by atoms with E-state index in [0.717, 1.165) is 51.4 Å². The molecule has 6 heteroatoms. The van der Waals surface area contributed by atoms with E-state index >= 15 is 0 Å². The number of carbonyl (C=O) groups excluding carboxylic acids is 2. The molecular weight excluding hydrogens is 935 g/mol. The number of carbonyl (C=O) groups is 2. The molecule has 0 radical (unpaired) electrons. The maximum atomic E-state index is 12.4. The summed E-state index contributed by atoms with van der Waals surface area (Å²) in [5.74, 6) is -0.0608. The molecule has 0 aromatic carbocycles. The van der Waals surface area contributed by atoms with Crippen molar-refractivity contribution in [3.8, 4) is 0 Å². The highest BCUT2D eigenvalue weighted by Crippen LogP contribution is 2.17. The minimum absolute atomic E-state index is 0.00523. The predicted octanol–water partition coefficient (Wildman–Crippen LogP) is 21.7. The van der Waals surface area contributed by atoms with E-state index in [1.54, 1.807) is 6.08 Å². The molecule has 0 aliphatic rings. The average Bonchev–Trinajstić information content (AvgIpc) is 3.42. The van der Waals surface area contributed by atoms with Gasteiger partial charge >= 0.3 is 5.97 Å². The van der Waals surface area contributed by atoms with E-state index < -0.39 is 12.1 Å². The van der Waals surface area contributed by atoms with Crippen LogP contribution >= 0.6 is 0 Å². The van der Waals surface area contributed by atoms with Gasteiger partial charge in [0.25, 0.3) is 0 Å². The Bertz CT molecular complexity index is 1270. The molecule has 0 aromatic rings. The normalized spacial score (nSPS) is 12.8. The summed E-state index contributed by atoms with van der Waals surface area (Å²) in [5, 5.41) is 23.1. The van der Waals surface area contributed by atoms with Crippen LogP contribution in [0.3, 0.4) is 0 Å². The monoisotopic (exact) mass is 1070 g/mol. The number of hydrogen-bond donors (Lipinski definition) is 3. The fourth-order valence-electron chi connectivity index (χ4n) is 10.4. The zero-order valence-electron chi connectivity index (χ0n) is 51.0. The highest BCUT2D eigenvalue weighted by atomic mass is 16.5. The molecule has 0 bridgehead atoms. The summed E-state index contributed by atoms with van der Waals surface area (Å²) in [5.41, 5.74) is 0. The van der Waals surface area contributed by atoms with Gasteiger partial charge in [-0.3, -0.25) is 9.59 Å². The second kappa shape index (κ2) is 65.3. The largest absolute Gasteiger partial charge is 0.466 e. The number of allylic oxidation sites excluding steroid dienone is 7. The molecule has 0 aliphatic carbocycles. The van der Waals surface area contributed by atoms with Gasteiger partial charge in [-0.05, 0) is 89.9 Å². The summed E-state index contributed by atoms with van der Waals surface area (Å²) < 4.78 is 5.48. The smallest absolute Gasteiger partial charge is 0.305 e. The molecule has 76 heavy (non-hydrogen) atoms. The van der Waals surface area contributed by atoms with Gasteiger partial charge in [0, 0.05) is 12.8 Å². The van der Waals surface area contributed by atoms with Gasteiger partial charge in [0.15, 0.2) is 0 Å². The summed E-state index contributed by atoms with van der Waals surface area (Å²) in [6.45, 7) is 4.89. The van der Waals surface area contributed by atoms with Crippen LogP contribution in [0.1, 0.15) is 361 Å². The van der Waals surface area contributed by atoms with Gasteiger partial charge in [0.1, 0.15) is 0 Å². The number of aliphatic hydroxyl groups is 2. The van der Waals surface area contributed by atoms with E-state index in [1.165, 1.54) is 283 Å². The van der Waals surface area contributed by atoms with Gasteiger partial charge in [-0.15, -0.1) is 0 Å². The van der Waals surface area contributed by atoms with E-state index in [4.69, 9.17) is 4.74 Å². The van der Waals surface area contributed by atoms with Crippen molar-refractivity contribution in [3.05, 3.63) is 48.6 Å². The molecule has 1 amide bonds. The summed E-state index contributed by atoms with van der Waals surface area (Å²) in [6, 6.07) is -0.626. The lowest BCUT2D eigenvalue weighted by atomic mass is 10.0. The molecule has 0 saturated carbocycles. The lowest BCUT2D eigenvalue weighted by Gasteiger charge is -2.20. The molecule has 0 heterocycles. The van der Waals surface area contributed by atoms with Crippen molar-refractivity contribution in [3.63, 3.8) is 0 Å². The van der Waals surface area contributed by atoms with Crippen LogP contribution in [-0.2, 0) is 14.3 Å². The summed E-state index contributed by atoms with van der Waals surface area (Å²) in [7, 11) is 0. The maximum Gasteiger partial charge on any atom is 0.305 e. The van der Waals surface area contributed by atoms with E-state index in [0.29, 0.717) is 19.4 Å². The number of nitrogens with one attached hydrogen (secondary N) is 1. The van der Waals surface area contributed by atoms with Crippen LogP contribution in [0.4, 0.5) is 0 Å². The fraction of sp³-hybridized carbons (Fsp3) is 0.857. The van der Waals surface area contributed by atoms with Crippen molar-refractivity contribution in [2.75, 3.05) is 13.2 Å². The number of aliphatic hydroxyl groups excluding tert-OH is 2. The number of unbranched alkanes of at least 4 members (excludes halogenated alkanes) is 46. The Hall–Kier alpha value is -2.18.